The Morgan fingerprint density at radius 2 is 2.00 bits per heavy atom. The van der Waals surface area contributed by atoms with E-state index in [4.69, 9.17) is 10.00 Å². The molecular formula is C13H15NO. The number of nitrogens with zero attached hydrogens (tertiary/aromatic N) is 1. The number of benzene rings is 1. The van der Waals surface area contributed by atoms with Crippen LogP contribution in [0.5, 0.6) is 0 Å². The van der Waals surface area contributed by atoms with Crippen molar-refractivity contribution < 1.29 is 4.74 Å². The smallest absolute Gasteiger partial charge is 0.0991 e. The first-order valence-electron chi connectivity index (χ1n) is 5.41. The van der Waals surface area contributed by atoms with Crippen molar-refractivity contribution in [3.63, 3.8) is 0 Å². The largest absolute Gasteiger partial charge is 0.378 e. The Kier molecular flexibility index (Phi) is 3.03. The van der Waals surface area contributed by atoms with Crippen LogP contribution in [0.1, 0.15) is 36.8 Å². The molecule has 0 saturated carbocycles. The highest BCUT2D eigenvalue weighted by Gasteiger charge is 2.19. The van der Waals surface area contributed by atoms with Gasteiger partial charge in [-0.3, -0.25) is 0 Å². The average Bonchev–Trinajstić information content (AvgIpc) is 2.30. The molecule has 78 valence electrons. The predicted octanol–water partition coefficient (Wildman–Crippen LogP) is 2.84. The molecular weight excluding hydrogens is 186 g/mol. The van der Waals surface area contributed by atoms with Gasteiger partial charge in [0, 0.05) is 5.92 Å². The van der Waals surface area contributed by atoms with E-state index in [1.807, 2.05) is 24.3 Å². The fourth-order valence-electron chi connectivity index (χ4n) is 1.98. The first-order valence-corrected chi connectivity index (χ1v) is 5.41. The number of ether oxygens (including phenoxy) is 1. The molecule has 2 rings (SSSR count). The molecule has 15 heavy (non-hydrogen) atoms. The van der Waals surface area contributed by atoms with E-state index >= 15 is 0 Å². The first kappa shape index (κ1) is 10.2. The van der Waals surface area contributed by atoms with Gasteiger partial charge in [-0.15, -0.1) is 0 Å². The molecule has 1 fully saturated rings. The number of rotatable bonds is 1. The topological polar surface area (TPSA) is 33.0 Å². The molecule has 2 atom stereocenters. The molecule has 2 heteroatoms. The van der Waals surface area contributed by atoms with Crippen LogP contribution < -0.4 is 0 Å². The van der Waals surface area contributed by atoms with E-state index in [0.29, 0.717) is 12.0 Å². The summed E-state index contributed by atoms with van der Waals surface area (Å²) in [6.07, 6.45) is 2.72. The Balaban J connectivity index is 2.07. The van der Waals surface area contributed by atoms with Gasteiger partial charge in [-0.25, -0.2) is 0 Å². The summed E-state index contributed by atoms with van der Waals surface area (Å²) in [6.45, 7) is 2.93. The van der Waals surface area contributed by atoms with Gasteiger partial charge in [-0.2, -0.15) is 5.26 Å². The monoisotopic (exact) mass is 201 g/mol. The molecule has 0 aromatic heterocycles. The summed E-state index contributed by atoms with van der Waals surface area (Å²) in [5, 5.41) is 8.70. The molecule has 0 spiro atoms. The van der Waals surface area contributed by atoms with Crippen molar-refractivity contribution in [2.75, 3.05) is 6.61 Å². The summed E-state index contributed by atoms with van der Waals surface area (Å²) in [7, 11) is 0. The maximum atomic E-state index is 8.70. The van der Waals surface area contributed by atoms with Gasteiger partial charge in [0.2, 0.25) is 0 Å². The molecule has 1 saturated heterocycles. The van der Waals surface area contributed by atoms with Gasteiger partial charge in [-0.1, -0.05) is 12.1 Å². The fourth-order valence-corrected chi connectivity index (χ4v) is 1.98. The summed E-state index contributed by atoms with van der Waals surface area (Å²) in [5.41, 5.74) is 2.02. The van der Waals surface area contributed by atoms with Gasteiger partial charge < -0.3 is 4.74 Å². The van der Waals surface area contributed by atoms with Gasteiger partial charge in [0.25, 0.3) is 0 Å². The zero-order valence-electron chi connectivity index (χ0n) is 8.94. The third kappa shape index (κ3) is 2.37. The molecule has 0 bridgehead atoms. The molecule has 0 N–H and O–H groups in total. The van der Waals surface area contributed by atoms with Gasteiger partial charge in [0.1, 0.15) is 0 Å². The van der Waals surface area contributed by atoms with Crippen LogP contribution in [0.3, 0.4) is 0 Å². The van der Waals surface area contributed by atoms with Crippen molar-refractivity contribution in [3.05, 3.63) is 35.4 Å². The summed E-state index contributed by atoms with van der Waals surface area (Å²) in [5.74, 6) is 0.508. The molecule has 1 aromatic rings. The second-order valence-electron chi connectivity index (χ2n) is 4.15. The van der Waals surface area contributed by atoms with Crippen molar-refractivity contribution in [3.8, 4) is 6.07 Å². The number of hydrogen-bond donors (Lipinski definition) is 0. The average molecular weight is 201 g/mol. The molecule has 1 aliphatic rings. The second kappa shape index (κ2) is 4.46. The number of nitriles is 1. The second-order valence-corrected chi connectivity index (χ2v) is 4.15. The van der Waals surface area contributed by atoms with Crippen molar-refractivity contribution in [2.45, 2.75) is 31.8 Å². The zero-order chi connectivity index (χ0) is 10.7. The van der Waals surface area contributed by atoms with E-state index in [2.05, 4.69) is 13.0 Å². The van der Waals surface area contributed by atoms with Crippen LogP contribution in [-0.4, -0.2) is 12.7 Å². The molecule has 1 aliphatic heterocycles. The maximum Gasteiger partial charge on any atom is 0.0991 e. The van der Waals surface area contributed by atoms with Crippen molar-refractivity contribution in [2.24, 2.45) is 0 Å². The van der Waals surface area contributed by atoms with E-state index < -0.39 is 0 Å². The minimum atomic E-state index is 0.402. The van der Waals surface area contributed by atoms with Crippen LogP contribution in [0.15, 0.2) is 24.3 Å². The first-order chi connectivity index (χ1) is 7.29. The van der Waals surface area contributed by atoms with Crippen LogP contribution in [0.4, 0.5) is 0 Å². The van der Waals surface area contributed by atoms with E-state index in [1.165, 1.54) is 12.0 Å². The highest BCUT2D eigenvalue weighted by Crippen LogP contribution is 2.27. The Bertz CT molecular complexity index is 355. The zero-order valence-corrected chi connectivity index (χ0v) is 8.94. The fraction of sp³-hybridized carbons (Fsp3) is 0.462. The maximum absolute atomic E-state index is 8.70. The summed E-state index contributed by atoms with van der Waals surface area (Å²) < 4.78 is 5.64. The predicted molar refractivity (Wildman–Crippen MR) is 58.5 cm³/mol. The Morgan fingerprint density at radius 3 is 2.53 bits per heavy atom. The summed E-state index contributed by atoms with van der Waals surface area (Å²) in [4.78, 5) is 0. The Labute approximate surface area is 90.5 Å². The molecule has 1 heterocycles. The standard InChI is InChI=1S/C13H15NO/c1-10-2-5-13(9-15-10)12-6-3-11(8-14)4-7-12/h3-4,6-7,10,13H,2,5,9H2,1H3. The van der Waals surface area contributed by atoms with E-state index in [-0.39, 0.29) is 0 Å². The highest BCUT2D eigenvalue weighted by atomic mass is 16.5. The van der Waals surface area contributed by atoms with Crippen LogP contribution in [-0.2, 0) is 4.74 Å². The van der Waals surface area contributed by atoms with E-state index in [0.717, 1.165) is 18.6 Å². The highest BCUT2D eigenvalue weighted by molar-refractivity contribution is 5.33. The SMILES string of the molecule is CC1CCC(c2ccc(C#N)cc2)CO1. The summed E-state index contributed by atoms with van der Waals surface area (Å²) in [6, 6.07) is 9.99. The lowest BCUT2D eigenvalue weighted by molar-refractivity contribution is 0.0155. The molecule has 0 aliphatic carbocycles. The van der Waals surface area contributed by atoms with Crippen molar-refractivity contribution in [1.82, 2.24) is 0 Å². The van der Waals surface area contributed by atoms with Crippen LogP contribution in [0.2, 0.25) is 0 Å². The number of hydrogen-bond acceptors (Lipinski definition) is 2. The molecule has 0 radical (unpaired) electrons. The summed E-state index contributed by atoms with van der Waals surface area (Å²) >= 11 is 0. The van der Waals surface area contributed by atoms with Crippen LogP contribution in [0, 0.1) is 11.3 Å². The van der Waals surface area contributed by atoms with Gasteiger partial charge >= 0.3 is 0 Å². The molecule has 2 nitrogen and oxygen atoms in total. The Hall–Kier alpha value is -1.33. The van der Waals surface area contributed by atoms with E-state index in [9.17, 15) is 0 Å². The minimum Gasteiger partial charge on any atom is -0.378 e. The van der Waals surface area contributed by atoms with E-state index in [1.54, 1.807) is 0 Å². The quantitative estimate of drug-likeness (QED) is 0.700. The lowest BCUT2D eigenvalue weighted by Crippen LogP contribution is -2.22. The molecule has 0 amide bonds. The van der Waals surface area contributed by atoms with Gasteiger partial charge in [0.05, 0.1) is 24.3 Å². The molecule has 1 aromatic carbocycles. The third-order valence-electron chi connectivity index (χ3n) is 3.01. The van der Waals surface area contributed by atoms with Gasteiger partial charge in [-0.05, 0) is 37.5 Å². The molecule has 2 unspecified atom stereocenters. The third-order valence-corrected chi connectivity index (χ3v) is 3.01. The lowest BCUT2D eigenvalue weighted by Gasteiger charge is -2.27. The van der Waals surface area contributed by atoms with Crippen molar-refractivity contribution in [1.29, 1.82) is 5.26 Å². The van der Waals surface area contributed by atoms with Crippen LogP contribution in [0.25, 0.3) is 0 Å². The minimum absolute atomic E-state index is 0.402. The Morgan fingerprint density at radius 1 is 1.27 bits per heavy atom. The lowest BCUT2D eigenvalue weighted by atomic mass is 9.91. The van der Waals surface area contributed by atoms with Crippen LogP contribution >= 0.6 is 0 Å². The van der Waals surface area contributed by atoms with Crippen molar-refractivity contribution >= 4 is 0 Å². The normalized spacial score (nSPS) is 25.9. The van der Waals surface area contributed by atoms with Gasteiger partial charge in [0.15, 0.2) is 0 Å².